The van der Waals surface area contributed by atoms with E-state index in [1.54, 1.807) is 0 Å². The van der Waals surface area contributed by atoms with Crippen molar-refractivity contribution in [1.29, 1.82) is 0 Å². The van der Waals surface area contributed by atoms with Crippen LogP contribution in [0.4, 0.5) is 0 Å². The molecule has 1 aliphatic heterocycles. The molecule has 2 aliphatic rings. The summed E-state index contributed by atoms with van der Waals surface area (Å²) in [5, 5.41) is 0. The molecule has 2 heteroatoms. The van der Waals surface area contributed by atoms with E-state index in [1.807, 2.05) is 18.2 Å². The zero-order valence-corrected chi connectivity index (χ0v) is 9.37. The maximum absolute atomic E-state index is 10.7. The van der Waals surface area contributed by atoms with Crippen LogP contribution in [0.15, 0.2) is 18.2 Å². The number of ether oxygens (including phenoxy) is 1. The lowest BCUT2D eigenvalue weighted by Crippen LogP contribution is -2.36. The summed E-state index contributed by atoms with van der Waals surface area (Å²) in [5.41, 5.74) is 2.03. The first-order chi connectivity index (χ1) is 7.81. The average Bonchev–Trinajstić information content (AvgIpc) is 2.66. The number of carbonyl (C=O) groups is 1. The third kappa shape index (κ3) is 1.53. The minimum atomic E-state index is 0.0576. The minimum absolute atomic E-state index is 0.0576. The Bertz CT molecular complexity index is 417. The quantitative estimate of drug-likeness (QED) is 0.674. The Morgan fingerprint density at radius 2 is 2.00 bits per heavy atom. The molecule has 1 aliphatic carbocycles. The molecule has 0 atom stereocenters. The predicted molar refractivity (Wildman–Crippen MR) is 62.0 cm³/mol. The smallest absolute Gasteiger partial charge is 0.150 e. The summed E-state index contributed by atoms with van der Waals surface area (Å²) in [5.74, 6) is 0.993. The summed E-state index contributed by atoms with van der Waals surface area (Å²) >= 11 is 0. The summed E-state index contributed by atoms with van der Waals surface area (Å²) in [7, 11) is 0. The van der Waals surface area contributed by atoms with Gasteiger partial charge in [0.25, 0.3) is 0 Å². The van der Waals surface area contributed by atoms with Gasteiger partial charge in [-0.1, -0.05) is 6.42 Å². The molecule has 2 nitrogen and oxygen atoms in total. The Morgan fingerprint density at radius 3 is 2.75 bits per heavy atom. The molecular weight excluding hydrogens is 200 g/mol. The predicted octanol–water partition coefficient (Wildman–Crippen LogP) is 3.14. The number of fused-ring (bicyclic) bond motifs is 1. The van der Waals surface area contributed by atoms with Crippen LogP contribution in [0.5, 0.6) is 5.75 Å². The summed E-state index contributed by atoms with van der Waals surface area (Å²) < 4.78 is 6.12. The van der Waals surface area contributed by atoms with Crippen LogP contribution in [-0.4, -0.2) is 11.9 Å². The van der Waals surface area contributed by atoms with Crippen LogP contribution in [0, 0.1) is 0 Å². The summed E-state index contributed by atoms with van der Waals surface area (Å²) in [6.07, 6.45) is 8.11. The number of aldehydes is 1. The van der Waals surface area contributed by atoms with E-state index in [0.717, 1.165) is 36.9 Å². The highest BCUT2D eigenvalue weighted by atomic mass is 16.5. The van der Waals surface area contributed by atoms with Crippen LogP contribution >= 0.6 is 0 Å². The summed E-state index contributed by atoms with van der Waals surface area (Å²) in [6, 6.07) is 5.77. The summed E-state index contributed by atoms with van der Waals surface area (Å²) in [6.45, 7) is 0. The van der Waals surface area contributed by atoms with Gasteiger partial charge in [0.2, 0.25) is 0 Å². The second-order valence-corrected chi connectivity index (χ2v) is 5.01. The molecule has 1 aromatic carbocycles. The molecule has 1 spiro atoms. The molecule has 0 radical (unpaired) electrons. The molecule has 16 heavy (non-hydrogen) atoms. The SMILES string of the molecule is O=Cc1ccc2c(c1)CC1(CCCCC1)O2. The fourth-order valence-electron chi connectivity index (χ4n) is 3.00. The zero-order chi connectivity index (χ0) is 11.0. The first-order valence-corrected chi connectivity index (χ1v) is 6.08. The average molecular weight is 216 g/mol. The molecule has 0 saturated heterocycles. The van der Waals surface area contributed by atoms with Crippen LogP contribution in [0.3, 0.4) is 0 Å². The van der Waals surface area contributed by atoms with Crippen molar-refractivity contribution in [3.63, 3.8) is 0 Å². The standard InChI is InChI=1S/C14H16O2/c15-10-11-4-5-13-12(8-11)9-14(16-13)6-2-1-3-7-14/h4-5,8,10H,1-3,6-7,9H2. The van der Waals surface area contributed by atoms with Gasteiger partial charge in [0.1, 0.15) is 17.6 Å². The summed E-state index contributed by atoms with van der Waals surface area (Å²) in [4.78, 5) is 10.7. The van der Waals surface area contributed by atoms with Crippen molar-refractivity contribution in [2.24, 2.45) is 0 Å². The molecule has 0 aromatic heterocycles. The van der Waals surface area contributed by atoms with Crippen molar-refractivity contribution in [3.8, 4) is 5.75 Å². The van der Waals surface area contributed by atoms with Gasteiger partial charge >= 0.3 is 0 Å². The van der Waals surface area contributed by atoms with Crippen molar-refractivity contribution < 1.29 is 9.53 Å². The Balaban J connectivity index is 1.90. The van der Waals surface area contributed by atoms with Crippen LogP contribution in [0.2, 0.25) is 0 Å². The van der Waals surface area contributed by atoms with Crippen molar-refractivity contribution in [1.82, 2.24) is 0 Å². The fraction of sp³-hybridized carbons (Fsp3) is 0.500. The van der Waals surface area contributed by atoms with E-state index in [4.69, 9.17) is 4.74 Å². The van der Waals surface area contributed by atoms with E-state index in [1.165, 1.54) is 24.8 Å². The van der Waals surface area contributed by atoms with Crippen LogP contribution in [0.25, 0.3) is 0 Å². The van der Waals surface area contributed by atoms with Gasteiger partial charge in [-0.3, -0.25) is 4.79 Å². The third-order valence-electron chi connectivity index (χ3n) is 3.82. The van der Waals surface area contributed by atoms with Gasteiger partial charge in [0, 0.05) is 12.0 Å². The van der Waals surface area contributed by atoms with Crippen molar-refractivity contribution in [2.45, 2.75) is 44.1 Å². The molecular formula is C14H16O2. The lowest BCUT2D eigenvalue weighted by Gasteiger charge is -2.32. The largest absolute Gasteiger partial charge is 0.487 e. The van der Waals surface area contributed by atoms with E-state index >= 15 is 0 Å². The Kier molecular flexibility index (Phi) is 2.23. The zero-order valence-electron chi connectivity index (χ0n) is 9.37. The van der Waals surface area contributed by atoms with Gasteiger partial charge in [-0.2, -0.15) is 0 Å². The highest BCUT2D eigenvalue weighted by Crippen LogP contribution is 2.43. The Hall–Kier alpha value is -1.31. The molecule has 1 heterocycles. The van der Waals surface area contributed by atoms with Gasteiger partial charge in [-0.25, -0.2) is 0 Å². The third-order valence-corrected chi connectivity index (χ3v) is 3.82. The first kappa shape index (κ1) is 9.88. The molecule has 0 N–H and O–H groups in total. The molecule has 0 amide bonds. The highest BCUT2D eigenvalue weighted by Gasteiger charge is 2.40. The lowest BCUT2D eigenvalue weighted by atomic mass is 9.82. The second kappa shape index (κ2) is 3.62. The van der Waals surface area contributed by atoms with Gasteiger partial charge in [-0.15, -0.1) is 0 Å². The number of hydrogen-bond donors (Lipinski definition) is 0. The molecule has 1 saturated carbocycles. The van der Waals surface area contributed by atoms with E-state index in [2.05, 4.69) is 0 Å². The molecule has 84 valence electrons. The molecule has 0 bridgehead atoms. The highest BCUT2D eigenvalue weighted by molar-refractivity contribution is 5.75. The van der Waals surface area contributed by atoms with Crippen molar-refractivity contribution in [3.05, 3.63) is 29.3 Å². The Labute approximate surface area is 95.6 Å². The van der Waals surface area contributed by atoms with Crippen molar-refractivity contribution >= 4 is 6.29 Å². The maximum Gasteiger partial charge on any atom is 0.150 e. The fourth-order valence-corrected chi connectivity index (χ4v) is 3.00. The molecule has 1 fully saturated rings. The monoisotopic (exact) mass is 216 g/mol. The number of carbonyl (C=O) groups excluding carboxylic acids is 1. The van der Waals surface area contributed by atoms with Crippen LogP contribution in [-0.2, 0) is 6.42 Å². The number of rotatable bonds is 1. The normalized spacial score (nSPS) is 21.5. The molecule has 3 rings (SSSR count). The van der Waals surface area contributed by atoms with E-state index in [0.29, 0.717) is 0 Å². The minimum Gasteiger partial charge on any atom is -0.487 e. The van der Waals surface area contributed by atoms with Gasteiger partial charge in [0.15, 0.2) is 0 Å². The Morgan fingerprint density at radius 1 is 1.19 bits per heavy atom. The first-order valence-electron chi connectivity index (χ1n) is 6.08. The van der Waals surface area contributed by atoms with E-state index < -0.39 is 0 Å². The number of benzene rings is 1. The van der Waals surface area contributed by atoms with Crippen LogP contribution < -0.4 is 4.74 Å². The van der Waals surface area contributed by atoms with Crippen LogP contribution in [0.1, 0.15) is 48.0 Å². The molecule has 0 unspecified atom stereocenters. The molecule has 1 aromatic rings. The van der Waals surface area contributed by atoms with E-state index in [-0.39, 0.29) is 5.60 Å². The topological polar surface area (TPSA) is 26.3 Å². The maximum atomic E-state index is 10.7. The van der Waals surface area contributed by atoms with Gasteiger partial charge < -0.3 is 4.74 Å². The number of hydrogen-bond acceptors (Lipinski definition) is 2. The lowest BCUT2D eigenvalue weighted by molar-refractivity contribution is 0.0529. The van der Waals surface area contributed by atoms with Crippen molar-refractivity contribution in [2.75, 3.05) is 0 Å². The van der Waals surface area contributed by atoms with Gasteiger partial charge in [-0.05, 0) is 49.4 Å². The van der Waals surface area contributed by atoms with E-state index in [9.17, 15) is 4.79 Å². The second-order valence-electron chi connectivity index (χ2n) is 5.01. The van der Waals surface area contributed by atoms with Gasteiger partial charge in [0.05, 0.1) is 0 Å².